The maximum Gasteiger partial charge on any atom is 0.360 e. The van der Waals surface area contributed by atoms with Gasteiger partial charge in [-0.1, -0.05) is 25.5 Å². The highest BCUT2D eigenvalue weighted by atomic mass is 16.5. The highest BCUT2D eigenvalue weighted by Gasteiger charge is 2.18. The van der Waals surface area contributed by atoms with Crippen LogP contribution in [-0.4, -0.2) is 22.5 Å². The number of furan rings is 1. The molecule has 0 spiro atoms. The third-order valence-corrected chi connectivity index (χ3v) is 3.51. The third-order valence-electron chi connectivity index (χ3n) is 3.51. The van der Waals surface area contributed by atoms with E-state index in [1.165, 1.54) is 0 Å². The number of hydrogen-bond donors (Lipinski definition) is 1. The van der Waals surface area contributed by atoms with Crippen LogP contribution < -0.4 is 5.32 Å². The van der Waals surface area contributed by atoms with E-state index in [4.69, 9.17) is 9.15 Å². The first-order chi connectivity index (χ1) is 11.8. The fraction of sp³-hybridized carbons (Fsp3) is 0.278. The average Bonchev–Trinajstić information content (AvgIpc) is 3.12. The van der Waals surface area contributed by atoms with Crippen LogP contribution in [0.25, 0.3) is 11.0 Å². The van der Waals surface area contributed by atoms with Crippen LogP contribution in [0.2, 0.25) is 0 Å². The van der Waals surface area contributed by atoms with E-state index in [-0.39, 0.29) is 5.69 Å². The van der Waals surface area contributed by atoms with Crippen LogP contribution in [0.15, 0.2) is 47.1 Å². The van der Waals surface area contributed by atoms with Crippen molar-refractivity contribution in [2.45, 2.75) is 26.3 Å². The molecule has 6 heteroatoms. The second-order valence-electron chi connectivity index (χ2n) is 5.33. The van der Waals surface area contributed by atoms with Gasteiger partial charge in [0.2, 0.25) is 0 Å². The summed E-state index contributed by atoms with van der Waals surface area (Å²) < 4.78 is 10.6. The summed E-state index contributed by atoms with van der Waals surface area (Å²) in [5, 5.41) is 3.11. The fourth-order valence-electron chi connectivity index (χ4n) is 2.23. The average molecular weight is 325 g/mol. The van der Waals surface area contributed by atoms with E-state index in [9.17, 15) is 4.79 Å². The van der Waals surface area contributed by atoms with Gasteiger partial charge in [0.25, 0.3) is 0 Å². The predicted octanol–water partition coefficient (Wildman–Crippen LogP) is 3.79. The first-order valence-electron chi connectivity index (χ1n) is 7.98. The molecule has 0 atom stereocenters. The molecule has 0 saturated carbocycles. The topological polar surface area (TPSA) is 77.2 Å². The number of nitrogens with zero attached hydrogens (tertiary/aromatic N) is 2. The normalized spacial score (nSPS) is 10.7. The molecule has 0 saturated heterocycles. The van der Waals surface area contributed by atoms with Crippen molar-refractivity contribution in [3.05, 3.63) is 54.1 Å². The molecule has 124 valence electrons. The molecule has 0 fully saturated rings. The first kappa shape index (κ1) is 16.0. The number of aromatic nitrogens is 2. The van der Waals surface area contributed by atoms with Crippen molar-refractivity contribution in [1.29, 1.82) is 0 Å². The van der Waals surface area contributed by atoms with Gasteiger partial charge >= 0.3 is 5.97 Å². The quantitative estimate of drug-likeness (QED) is 0.526. The predicted molar refractivity (Wildman–Crippen MR) is 90.8 cm³/mol. The maximum absolute atomic E-state index is 12.4. The molecular weight excluding hydrogens is 306 g/mol. The van der Waals surface area contributed by atoms with Crippen molar-refractivity contribution in [3.8, 4) is 0 Å². The second kappa shape index (κ2) is 7.59. The summed E-state index contributed by atoms with van der Waals surface area (Å²) >= 11 is 0. The lowest BCUT2D eigenvalue weighted by molar-refractivity contribution is 0.0494. The Morgan fingerprint density at radius 1 is 1.17 bits per heavy atom. The number of fused-ring (bicyclic) bond motifs is 1. The third kappa shape index (κ3) is 3.71. The summed E-state index contributed by atoms with van der Waals surface area (Å²) in [5.41, 5.74) is 1.56. The number of carbonyl (C=O) groups excluding carboxylic acids is 1. The monoisotopic (exact) mass is 325 g/mol. The lowest BCUT2D eigenvalue weighted by Crippen LogP contribution is -2.14. The minimum absolute atomic E-state index is 0.191. The van der Waals surface area contributed by atoms with Crippen LogP contribution in [-0.2, 0) is 11.3 Å². The lowest BCUT2D eigenvalue weighted by Gasteiger charge is -2.11. The summed E-state index contributed by atoms with van der Waals surface area (Å²) in [6, 6.07) is 11.1. The smallest absolute Gasteiger partial charge is 0.360 e. The van der Waals surface area contributed by atoms with Crippen LogP contribution >= 0.6 is 0 Å². The van der Waals surface area contributed by atoms with Crippen LogP contribution in [0.3, 0.4) is 0 Å². The van der Waals surface area contributed by atoms with Crippen molar-refractivity contribution in [3.63, 3.8) is 0 Å². The Morgan fingerprint density at radius 2 is 1.96 bits per heavy atom. The molecule has 24 heavy (non-hydrogen) atoms. The maximum atomic E-state index is 12.4. The lowest BCUT2D eigenvalue weighted by atomic mass is 10.2. The second-order valence-corrected chi connectivity index (χ2v) is 5.33. The molecule has 1 aromatic carbocycles. The van der Waals surface area contributed by atoms with Crippen molar-refractivity contribution < 1.29 is 13.9 Å². The summed E-state index contributed by atoms with van der Waals surface area (Å²) in [4.78, 5) is 21.3. The van der Waals surface area contributed by atoms with Crippen LogP contribution in [0, 0.1) is 0 Å². The van der Waals surface area contributed by atoms with E-state index in [0.717, 1.165) is 18.6 Å². The van der Waals surface area contributed by atoms with Crippen molar-refractivity contribution in [1.82, 2.24) is 9.97 Å². The Morgan fingerprint density at radius 3 is 2.67 bits per heavy atom. The van der Waals surface area contributed by atoms with Gasteiger partial charge < -0.3 is 14.5 Å². The van der Waals surface area contributed by atoms with Crippen molar-refractivity contribution in [2.75, 3.05) is 11.9 Å². The van der Waals surface area contributed by atoms with Crippen LogP contribution in [0.4, 0.5) is 5.82 Å². The highest BCUT2D eigenvalue weighted by Crippen LogP contribution is 2.19. The van der Waals surface area contributed by atoms with Gasteiger partial charge in [-0.25, -0.2) is 14.8 Å². The zero-order chi connectivity index (χ0) is 16.8. The molecule has 0 radical (unpaired) electrons. The highest BCUT2D eigenvalue weighted by molar-refractivity contribution is 5.95. The minimum atomic E-state index is -0.469. The zero-order valence-electron chi connectivity index (χ0n) is 13.5. The van der Waals surface area contributed by atoms with Gasteiger partial charge in [0.05, 0.1) is 30.4 Å². The van der Waals surface area contributed by atoms with E-state index in [1.54, 1.807) is 6.26 Å². The number of unbranched alkanes of at least 4 members (excludes halogenated alkanes) is 1. The Labute approximate surface area is 139 Å². The molecule has 3 rings (SSSR count). The molecule has 2 heterocycles. The molecule has 1 N–H and O–H groups in total. The van der Waals surface area contributed by atoms with Gasteiger partial charge in [0.1, 0.15) is 5.76 Å². The van der Waals surface area contributed by atoms with E-state index in [1.807, 2.05) is 43.3 Å². The number of nitrogens with one attached hydrogen (secondary N) is 1. The number of carbonyl (C=O) groups is 1. The molecule has 0 unspecified atom stereocenters. The van der Waals surface area contributed by atoms with Gasteiger partial charge in [0, 0.05) is 0 Å². The Balaban J connectivity index is 1.88. The molecule has 0 aliphatic rings. The summed E-state index contributed by atoms with van der Waals surface area (Å²) in [6.07, 6.45) is 3.38. The molecule has 0 aliphatic carbocycles. The summed E-state index contributed by atoms with van der Waals surface area (Å²) in [6.45, 7) is 2.83. The standard InChI is InChI=1S/C18H19N3O3/c1-2-3-10-24-18(22)16-17(19-12-13-7-6-11-23-13)21-15-9-5-4-8-14(15)20-16/h4-9,11H,2-3,10,12H2,1H3,(H,19,21). The molecule has 3 aromatic rings. The zero-order valence-corrected chi connectivity index (χ0v) is 13.5. The number of para-hydroxylation sites is 2. The van der Waals surface area contributed by atoms with Gasteiger partial charge in [-0.05, 0) is 30.7 Å². The van der Waals surface area contributed by atoms with Crippen LogP contribution in [0.1, 0.15) is 36.0 Å². The number of ether oxygens (including phenoxy) is 1. The fourth-order valence-corrected chi connectivity index (χ4v) is 2.23. The van der Waals surface area contributed by atoms with Gasteiger partial charge in [-0.3, -0.25) is 0 Å². The minimum Gasteiger partial charge on any atom is -0.467 e. The number of benzene rings is 1. The SMILES string of the molecule is CCCCOC(=O)c1nc2ccccc2nc1NCc1ccco1. The van der Waals surface area contributed by atoms with E-state index in [2.05, 4.69) is 15.3 Å². The van der Waals surface area contributed by atoms with Crippen molar-refractivity contribution in [2.24, 2.45) is 0 Å². The number of hydrogen-bond acceptors (Lipinski definition) is 6. The molecule has 0 bridgehead atoms. The summed E-state index contributed by atoms with van der Waals surface area (Å²) in [7, 11) is 0. The molecule has 6 nitrogen and oxygen atoms in total. The molecule has 2 aromatic heterocycles. The van der Waals surface area contributed by atoms with Crippen molar-refractivity contribution >= 4 is 22.8 Å². The number of esters is 1. The first-order valence-corrected chi connectivity index (χ1v) is 7.98. The number of anilines is 1. The Hall–Kier alpha value is -2.89. The van der Waals surface area contributed by atoms with Gasteiger partial charge in [-0.2, -0.15) is 0 Å². The van der Waals surface area contributed by atoms with E-state index < -0.39 is 5.97 Å². The Bertz CT molecular complexity index is 815. The van der Waals surface area contributed by atoms with Gasteiger partial charge in [-0.15, -0.1) is 0 Å². The molecular formula is C18H19N3O3. The molecule has 0 amide bonds. The number of rotatable bonds is 7. The largest absolute Gasteiger partial charge is 0.467 e. The van der Waals surface area contributed by atoms with Gasteiger partial charge in [0.15, 0.2) is 11.5 Å². The van der Waals surface area contributed by atoms with Crippen LogP contribution in [0.5, 0.6) is 0 Å². The van der Waals surface area contributed by atoms with E-state index in [0.29, 0.717) is 30.0 Å². The Kier molecular flexibility index (Phi) is 5.05. The summed E-state index contributed by atoms with van der Waals surface area (Å²) in [5.74, 6) is 0.672. The van der Waals surface area contributed by atoms with E-state index >= 15 is 0 Å². The molecule has 0 aliphatic heterocycles.